The summed E-state index contributed by atoms with van der Waals surface area (Å²) in [6, 6.07) is 21.2. The van der Waals surface area contributed by atoms with Crippen LogP contribution in [0.15, 0.2) is 72.8 Å². The molecule has 176 valence electrons. The van der Waals surface area contributed by atoms with Crippen molar-refractivity contribution >= 4 is 34.9 Å². The van der Waals surface area contributed by atoms with E-state index < -0.39 is 0 Å². The molecular formula is C26H26ClN3O4. The lowest BCUT2D eigenvalue weighted by molar-refractivity contribution is -0.120. The molecule has 0 bridgehead atoms. The van der Waals surface area contributed by atoms with Gasteiger partial charge < -0.3 is 25.0 Å². The number of ether oxygens (including phenoxy) is 2. The largest absolute Gasteiger partial charge is 0.497 e. The van der Waals surface area contributed by atoms with Crippen LogP contribution in [0.4, 0.5) is 16.2 Å². The number of nitrogens with zero attached hydrogens (tertiary/aromatic N) is 1. The highest BCUT2D eigenvalue weighted by Crippen LogP contribution is 2.33. The van der Waals surface area contributed by atoms with Gasteiger partial charge in [-0.3, -0.25) is 4.79 Å². The van der Waals surface area contributed by atoms with Gasteiger partial charge in [-0.1, -0.05) is 23.7 Å². The fraction of sp³-hybridized carbons (Fsp3) is 0.231. The van der Waals surface area contributed by atoms with Crippen LogP contribution in [0.3, 0.4) is 0 Å². The molecule has 3 amide bonds. The second-order valence-electron chi connectivity index (χ2n) is 8.00. The van der Waals surface area contributed by atoms with Gasteiger partial charge in [0.15, 0.2) is 0 Å². The van der Waals surface area contributed by atoms with E-state index in [1.807, 2.05) is 48.5 Å². The van der Waals surface area contributed by atoms with Crippen LogP contribution in [-0.4, -0.2) is 38.7 Å². The van der Waals surface area contributed by atoms with Gasteiger partial charge in [-0.2, -0.15) is 0 Å². The second kappa shape index (κ2) is 10.5. The minimum absolute atomic E-state index is 0.0632. The Kier molecular flexibility index (Phi) is 7.23. The fourth-order valence-corrected chi connectivity index (χ4v) is 4.21. The number of piperidine rings is 1. The zero-order valence-electron chi connectivity index (χ0n) is 19.0. The Balaban J connectivity index is 1.56. The molecule has 3 aromatic rings. The number of carbonyl (C=O) groups is 2. The van der Waals surface area contributed by atoms with E-state index >= 15 is 0 Å². The molecule has 1 saturated heterocycles. The Morgan fingerprint density at radius 3 is 2.09 bits per heavy atom. The van der Waals surface area contributed by atoms with Crippen LogP contribution in [0, 0.1) is 0 Å². The van der Waals surface area contributed by atoms with E-state index in [2.05, 4.69) is 10.6 Å². The molecular weight excluding hydrogens is 454 g/mol. The van der Waals surface area contributed by atoms with Crippen LogP contribution in [0.1, 0.15) is 17.9 Å². The molecule has 8 heteroatoms. The first-order valence-electron chi connectivity index (χ1n) is 10.9. The van der Waals surface area contributed by atoms with Gasteiger partial charge in [0.25, 0.3) is 0 Å². The van der Waals surface area contributed by atoms with Crippen molar-refractivity contribution in [2.24, 2.45) is 0 Å². The zero-order chi connectivity index (χ0) is 24.1. The molecule has 0 aliphatic carbocycles. The van der Waals surface area contributed by atoms with Crippen LogP contribution in [-0.2, 0) is 4.79 Å². The lowest BCUT2D eigenvalue weighted by Gasteiger charge is -2.39. The number of methoxy groups -OCH3 is 2. The number of hydrogen-bond donors (Lipinski definition) is 2. The van der Waals surface area contributed by atoms with Gasteiger partial charge in [-0.05, 0) is 66.2 Å². The maximum Gasteiger partial charge on any atom is 0.319 e. The number of carbonyl (C=O) groups excluding carboxylic acids is 2. The number of hydrogen-bond acceptors (Lipinski definition) is 4. The molecule has 1 unspecified atom stereocenters. The van der Waals surface area contributed by atoms with Crippen LogP contribution < -0.4 is 25.0 Å². The predicted molar refractivity (Wildman–Crippen MR) is 133 cm³/mol. The number of halogens is 1. The maximum atomic E-state index is 13.1. The summed E-state index contributed by atoms with van der Waals surface area (Å²) in [5.41, 5.74) is 2.40. The lowest BCUT2D eigenvalue weighted by atomic mass is 9.85. The highest BCUT2D eigenvalue weighted by Gasteiger charge is 2.36. The van der Waals surface area contributed by atoms with E-state index in [0.717, 1.165) is 22.7 Å². The molecule has 3 aromatic carbocycles. The Hall–Kier alpha value is -3.71. The minimum Gasteiger partial charge on any atom is -0.497 e. The first kappa shape index (κ1) is 23.4. The van der Waals surface area contributed by atoms with Gasteiger partial charge >= 0.3 is 6.03 Å². The van der Waals surface area contributed by atoms with Gasteiger partial charge in [0.05, 0.1) is 14.2 Å². The van der Waals surface area contributed by atoms with E-state index in [-0.39, 0.29) is 30.3 Å². The summed E-state index contributed by atoms with van der Waals surface area (Å²) < 4.78 is 10.5. The molecule has 0 aromatic heterocycles. The number of benzene rings is 3. The number of rotatable bonds is 6. The number of nitrogens with one attached hydrogen (secondary N) is 2. The van der Waals surface area contributed by atoms with Gasteiger partial charge in [0.1, 0.15) is 11.5 Å². The van der Waals surface area contributed by atoms with E-state index in [1.165, 1.54) is 0 Å². The first-order chi connectivity index (χ1) is 16.5. The summed E-state index contributed by atoms with van der Waals surface area (Å²) in [7, 11) is 3.22. The van der Waals surface area contributed by atoms with Crippen LogP contribution in [0.5, 0.6) is 11.5 Å². The monoisotopic (exact) mass is 479 g/mol. The molecule has 1 fully saturated rings. The van der Waals surface area contributed by atoms with Crippen molar-refractivity contribution in [3.8, 4) is 11.5 Å². The predicted octanol–water partition coefficient (Wildman–Crippen LogP) is 5.07. The zero-order valence-corrected chi connectivity index (χ0v) is 19.7. The van der Waals surface area contributed by atoms with Crippen molar-refractivity contribution in [3.05, 3.63) is 83.4 Å². The molecule has 0 saturated carbocycles. The SMILES string of the molecule is COc1ccc(C2CN(c3ccc(OC)cc3)C(=O)C[C@H]2NC(=O)Nc2ccc(Cl)cc2)cc1. The Morgan fingerprint density at radius 1 is 0.912 bits per heavy atom. The normalized spacial score (nSPS) is 17.7. The maximum absolute atomic E-state index is 13.1. The van der Waals surface area contributed by atoms with E-state index in [9.17, 15) is 9.59 Å². The molecule has 0 radical (unpaired) electrons. The fourth-order valence-electron chi connectivity index (χ4n) is 4.09. The molecule has 2 N–H and O–H groups in total. The molecule has 7 nitrogen and oxygen atoms in total. The first-order valence-corrected chi connectivity index (χ1v) is 11.3. The van der Waals surface area contributed by atoms with Gasteiger partial charge in [-0.15, -0.1) is 0 Å². The summed E-state index contributed by atoms with van der Waals surface area (Å²) in [6.07, 6.45) is 0.163. The third-order valence-electron chi connectivity index (χ3n) is 5.91. The number of amides is 3. The molecule has 34 heavy (non-hydrogen) atoms. The summed E-state index contributed by atoms with van der Waals surface area (Å²) >= 11 is 5.92. The van der Waals surface area contributed by atoms with Crippen LogP contribution in [0.25, 0.3) is 0 Å². The van der Waals surface area contributed by atoms with Gasteiger partial charge in [0.2, 0.25) is 5.91 Å². The number of anilines is 2. The summed E-state index contributed by atoms with van der Waals surface area (Å²) in [5.74, 6) is 1.28. The van der Waals surface area contributed by atoms with Crippen LogP contribution in [0.2, 0.25) is 5.02 Å². The van der Waals surface area contributed by atoms with Crippen molar-refractivity contribution < 1.29 is 19.1 Å². The summed E-state index contributed by atoms with van der Waals surface area (Å²) in [4.78, 5) is 27.6. The molecule has 1 aliphatic rings. The Morgan fingerprint density at radius 2 is 1.50 bits per heavy atom. The van der Waals surface area contributed by atoms with Crippen LogP contribution >= 0.6 is 11.6 Å². The molecule has 1 heterocycles. The number of urea groups is 1. The lowest BCUT2D eigenvalue weighted by Crippen LogP contribution is -2.53. The molecule has 2 atom stereocenters. The van der Waals surface area contributed by atoms with Gasteiger partial charge in [0, 0.05) is 41.3 Å². The van der Waals surface area contributed by atoms with E-state index in [0.29, 0.717) is 17.3 Å². The van der Waals surface area contributed by atoms with Crippen molar-refractivity contribution in [3.63, 3.8) is 0 Å². The third kappa shape index (κ3) is 5.43. The highest BCUT2D eigenvalue weighted by atomic mass is 35.5. The third-order valence-corrected chi connectivity index (χ3v) is 6.16. The van der Waals surface area contributed by atoms with Crippen molar-refractivity contribution in [1.82, 2.24) is 5.32 Å². The van der Waals surface area contributed by atoms with Gasteiger partial charge in [-0.25, -0.2) is 4.79 Å². The van der Waals surface area contributed by atoms with E-state index in [1.54, 1.807) is 43.4 Å². The quantitative estimate of drug-likeness (QED) is 0.517. The standard InChI is InChI=1S/C26H26ClN3O4/c1-33-21-11-3-17(4-12-21)23-16-30(20-9-13-22(34-2)14-10-20)25(31)15-24(23)29-26(32)28-19-7-5-18(27)6-8-19/h3-14,23-24H,15-16H2,1-2H3,(H2,28,29,32)/t23?,24-/m1/s1. The highest BCUT2D eigenvalue weighted by molar-refractivity contribution is 6.30. The Labute approximate surface area is 203 Å². The second-order valence-corrected chi connectivity index (χ2v) is 8.43. The molecule has 4 rings (SSSR count). The summed E-state index contributed by atoms with van der Waals surface area (Å²) in [6.45, 7) is 0.420. The topological polar surface area (TPSA) is 79.9 Å². The van der Waals surface area contributed by atoms with Crippen molar-refractivity contribution in [1.29, 1.82) is 0 Å². The molecule has 1 aliphatic heterocycles. The Bertz CT molecular complexity index is 1130. The average Bonchev–Trinajstić information content (AvgIpc) is 2.86. The average molecular weight is 480 g/mol. The van der Waals surface area contributed by atoms with E-state index in [4.69, 9.17) is 21.1 Å². The van der Waals surface area contributed by atoms with Crippen molar-refractivity contribution in [2.75, 3.05) is 31.0 Å². The molecule has 0 spiro atoms. The summed E-state index contributed by atoms with van der Waals surface area (Å²) in [5, 5.41) is 6.39. The minimum atomic E-state index is -0.386. The van der Waals surface area contributed by atoms with Crippen molar-refractivity contribution in [2.45, 2.75) is 18.4 Å². The smallest absolute Gasteiger partial charge is 0.319 e.